The molecular formula is C20H14NaO8P. The van der Waals surface area contributed by atoms with Gasteiger partial charge in [0.1, 0.15) is 23.0 Å². The van der Waals surface area contributed by atoms with Crippen molar-refractivity contribution in [3.05, 3.63) is 82.9 Å². The second-order valence-electron chi connectivity index (χ2n) is 6.64. The number of phenols is 1. The van der Waals surface area contributed by atoms with Crippen LogP contribution in [0.2, 0.25) is 0 Å². The molecule has 1 spiro atoms. The van der Waals surface area contributed by atoms with Crippen molar-refractivity contribution < 1.29 is 69.2 Å². The monoisotopic (exact) mass is 436 g/mol. The SMILES string of the molecule is O=C1OC2(c3ccc(O)cc3Oc3cc(OP(=O)(O)O)ccc32)c2ccccc21.[H-].[Na+]. The molecule has 2 heterocycles. The van der Waals surface area contributed by atoms with E-state index in [2.05, 4.69) is 4.52 Å². The summed E-state index contributed by atoms with van der Waals surface area (Å²) < 4.78 is 27.6. The molecule has 2 aliphatic rings. The standard InChI is InChI=1S/C20H13O8P.Na.H/c21-11-5-7-15-17(9-11)26-18-10-12(28-29(23,24)25)6-8-16(18)20(15)14-4-2-1-3-13(14)19(22)27-20;;/h1-10,21H,(H2,23,24,25);;/q;+1;-1. The molecule has 3 aromatic rings. The third kappa shape index (κ3) is 3.13. The van der Waals surface area contributed by atoms with Crippen LogP contribution in [0.3, 0.4) is 0 Å². The Kier molecular flexibility index (Phi) is 4.97. The zero-order chi connectivity index (χ0) is 20.4. The Hall–Kier alpha value is -2.32. The molecule has 3 N–H and O–H groups in total. The molecule has 30 heavy (non-hydrogen) atoms. The number of phenolic OH excluding ortho intramolecular Hbond substituents is 1. The molecule has 0 radical (unpaired) electrons. The van der Waals surface area contributed by atoms with E-state index in [0.717, 1.165) is 0 Å². The molecule has 0 saturated carbocycles. The number of hydrogen-bond donors (Lipinski definition) is 3. The average molecular weight is 436 g/mol. The normalized spacial score (nSPS) is 18.4. The van der Waals surface area contributed by atoms with E-state index < -0.39 is 19.4 Å². The Labute approximate surface area is 194 Å². The second-order valence-corrected chi connectivity index (χ2v) is 7.80. The fourth-order valence-electron chi connectivity index (χ4n) is 3.84. The van der Waals surface area contributed by atoms with Crippen molar-refractivity contribution in [2.45, 2.75) is 5.60 Å². The van der Waals surface area contributed by atoms with Gasteiger partial charge in [0.05, 0.1) is 5.56 Å². The van der Waals surface area contributed by atoms with Crippen LogP contribution in [0.4, 0.5) is 0 Å². The Balaban J connectivity index is 0.00000136. The number of hydrogen-bond acceptors (Lipinski definition) is 6. The molecule has 1 atom stereocenters. The number of esters is 1. The molecule has 3 aromatic carbocycles. The number of phosphoric ester groups is 1. The van der Waals surface area contributed by atoms with Crippen LogP contribution in [-0.2, 0) is 14.9 Å². The van der Waals surface area contributed by atoms with E-state index in [-0.39, 0.29) is 54.0 Å². The quantitative estimate of drug-likeness (QED) is 0.303. The fourth-order valence-corrected chi connectivity index (χ4v) is 4.23. The predicted octanol–water partition coefficient (Wildman–Crippen LogP) is 0.548. The fraction of sp³-hybridized carbons (Fsp3) is 0.0500. The van der Waals surface area contributed by atoms with Crippen molar-refractivity contribution in [3.63, 3.8) is 0 Å². The molecule has 10 heteroatoms. The van der Waals surface area contributed by atoms with E-state index in [1.165, 1.54) is 30.3 Å². The number of aromatic hydroxyl groups is 1. The molecule has 0 fully saturated rings. The summed E-state index contributed by atoms with van der Waals surface area (Å²) >= 11 is 0. The third-order valence-corrected chi connectivity index (χ3v) is 5.34. The summed E-state index contributed by atoms with van der Waals surface area (Å²) in [5, 5.41) is 9.91. The minimum absolute atomic E-state index is 0. The first kappa shape index (κ1) is 20.9. The van der Waals surface area contributed by atoms with Gasteiger partial charge in [-0.2, -0.15) is 0 Å². The summed E-state index contributed by atoms with van der Waals surface area (Å²) in [7, 11) is -4.78. The van der Waals surface area contributed by atoms with E-state index in [1.807, 2.05) is 0 Å². The second kappa shape index (κ2) is 7.13. The van der Waals surface area contributed by atoms with Crippen LogP contribution in [0.25, 0.3) is 0 Å². The number of phosphoric acid groups is 1. The first-order valence-corrected chi connectivity index (χ1v) is 10.0. The van der Waals surface area contributed by atoms with Crippen molar-refractivity contribution in [2.75, 3.05) is 0 Å². The van der Waals surface area contributed by atoms with Crippen LogP contribution in [0.1, 0.15) is 28.5 Å². The summed E-state index contributed by atoms with van der Waals surface area (Å²) in [5.74, 6) is -0.257. The van der Waals surface area contributed by atoms with Crippen LogP contribution in [0.5, 0.6) is 23.0 Å². The maximum atomic E-state index is 12.6. The van der Waals surface area contributed by atoms with Crippen LogP contribution in [-0.4, -0.2) is 20.9 Å². The molecule has 2 aliphatic heterocycles. The van der Waals surface area contributed by atoms with Gasteiger partial charge in [0.15, 0.2) is 5.60 Å². The summed E-state index contributed by atoms with van der Waals surface area (Å²) in [6.07, 6.45) is 0. The van der Waals surface area contributed by atoms with Crippen LogP contribution in [0.15, 0.2) is 60.7 Å². The summed E-state index contributed by atoms with van der Waals surface area (Å²) in [4.78, 5) is 30.8. The summed E-state index contributed by atoms with van der Waals surface area (Å²) in [5.41, 5.74) is 0.655. The van der Waals surface area contributed by atoms with E-state index in [4.69, 9.17) is 19.3 Å². The average Bonchev–Trinajstić information content (AvgIpc) is 2.94. The Morgan fingerprint density at radius 1 is 0.933 bits per heavy atom. The molecule has 0 aliphatic carbocycles. The maximum Gasteiger partial charge on any atom is 1.00 e. The van der Waals surface area contributed by atoms with Crippen LogP contribution < -0.4 is 38.8 Å². The van der Waals surface area contributed by atoms with Gasteiger partial charge in [-0.25, -0.2) is 9.36 Å². The van der Waals surface area contributed by atoms with Crippen LogP contribution >= 0.6 is 7.82 Å². The number of benzene rings is 3. The zero-order valence-electron chi connectivity index (χ0n) is 16.6. The summed E-state index contributed by atoms with van der Waals surface area (Å²) in [6.45, 7) is 0. The Morgan fingerprint density at radius 2 is 1.60 bits per heavy atom. The predicted molar refractivity (Wildman–Crippen MR) is 100 cm³/mol. The van der Waals surface area contributed by atoms with E-state index in [9.17, 15) is 14.5 Å². The van der Waals surface area contributed by atoms with Gasteiger partial charge in [0, 0.05) is 28.8 Å². The van der Waals surface area contributed by atoms with E-state index >= 15 is 0 Å². The number of carbonyl (C=O) groups is 1. The van der Waals surface area contributed by atoms with E-state index in [0.29, 0.717) is 22.3 Å². The topological polar surface area (TPSA) is 123 Å². The number of carbonyl (C=O) groups excluding carboxylic acids is 1. The Morgan fingerprint density at radius 3 is 2.33 bits per heavy atom. The number of fused-ring (bicyclic) bond motifs is 6. The third-order valence-electron chi connectivity index (χ3n) is 4.89. The Bertz CT molecular complexity index is 1240. The molecule has 0 amide bonds. The molecule has 0 saturated heterocycles. The molecule has 0 bridgehead atoms. The first-order chi connectivity index (χ1) is 13.8. The van der Waals surface area contributed by atoms with Gasteiger partial charge < -0.3 is 20.5 Å². The molecule has 0 aromatic heterocycles. The van der Waals surface area contributed by atoms with Gasteiger partial charge in [0.2, 0.25) is 0 Å². The van der Waals surface area contributed by atoms with Gasteiger partial charge in [-0.3, -0.25) is 9.79 Å². The molecule has 5 rings (SSSR count). The van der Waals surface area contributed by atoms with Gasteiger partial charge in [-0.1, -0.05) is 18.2 Å². The minimum atomic E-state index is -4.78. The molecule has 8 nitrogen and oxygen atoms in total. The van der Waals surface area contributed by atoms with Gasteiger partial charge in [-0.15, -0.1) is 0 Å². The van der Waals surface area contributed by atoms with Gasteiger partial charge in [0.25, 0.3) is 0 Å². The van der Waals surface area contributed by atoms with Crippen molar-refractivity contribution in [1.82, 2.24) is 0 Å². The van der Waals surface area contributed by atoms with E-state index in [1.54, 1.807) is 30.3 Å². The molecule has 148 valence electrons. The number of ether oxygens (including phenoxy) is 2. The maximum absolute atomic E-state index is 12.6. The van der Waals surface area contributed by atoms with Crippen LogP contribution in [0, 0.1) is 0 Å². The first-order valence-electron chi connectivity index (χ1n) is 8.52. The van der Waals surface area contributed by atoms with Crippen molar-refractivity contribution in [3.8, 4) is 23.0 Å². The smallest absolute Gasteiger partial charge is 1.00 e. The zero-order valence-corrected chi connectivity index (χ0v) is 18.5. The van der Waals surface area contributed by atoms with Crippen molar-refractivity contribution in [1.29, 1.82) is 0 Å². The molecule has 1 unspecified atom stereocenters. The minimum Gasteiger partial charge on any atom is -1.00 e. The van der Waals surface area contributed by atoms with Crippen molar-refractivity contribution in [2.24, 2.45) is 0 Å². The van der Waals surface area contributed by atoms with Gasteiger partial charge >= 0.3 is 43.3 Å². The molecular weight excluding hydrogens is 422 g/mol. The number of rotatable bonds is 2. The summed E-state index contributed by atoms with van der Waals surface area (Å²) in [6, 6.07) is 15.6. The largest absolute Gasteiger partial charge is 1.00 e. The van der Waals surface area contributed by atoms with Gasteiger partial charge in [-0.05, 0) is 30.3 Å². The van der Waals surface area contributed by atoms with Crippen molar-refractivity contribution >= 4 is 13.8 Å².